The van der Waals surface area contributed by atoms with Gasteiger partial charge in [-0.3, -0.25) is 4.79 Å². The summed E-state index contributed by atoms with van der Waals surface area (Å²) in [6, 6.07) is -0.194. The SMILES string of the molecule is COCCNC(=O)C(C)NCCCOCCOC. The van der Waals surface area contributed by atoms with Crippen molar-refractivity contribution in [3.8, 4) is 0 Å². The summed E-state index contributed by atoms with van der Waals surface area (Å²) in [5.41, 5.74) is 0. The second-order valence-corrected chi connectivity index (χ2v) is 3.92. The van der Waals surface area contributed by atoms with Gasteiger partial charge in [0, 0.05) is 27.4 Å². The van der Waals surface area contributed by atoms with Crippen LogP contribution < -0.4 is 10.6 Å². The molecule has 6 heteroatoms. The predicted octanol–water partition coefficient (Wildman–Crippen LogP) is -0.220. The molecule has 0 saturated carbocycles. The van der Waals surface area contributed by atoms with Crippen molar-refractivity contribution >= 4 is 5.91 Å². The zero-order valence-electron chi connectivity index (χ0n) is 11.7. The molecule has 0 spiro atoms. The van der Waals surface area contributed by atoms with Crippen molar-refractivity contribution in [1.82, 2.24) is 10.6 Å². The topological polar surface area (TPSA) is 68.8 Å². The Bertz CT molecular complexity index is 203. The average Bonchev–Trinajstić information content (AvgIpc) is 2.37. The van der Waals surface area contributed by atoms with E-state index in [-0.39, 0.29) is 11.9 Å². The Hall–Kier alpha value is -0.690. The summed E-state index contributed by atoms with van der Waals surface area (Å²) in [5.74, 6) is -0.00708. The minimum absolute atomic E-state index is 0.00708. The van der Waals surface area contributed by atoms with Gasteiger partial charge >= 0.3 is 0 Å². The molecule has 0 bridgehead atoms. The molecule has 0 aromatic rings. The fraction of sp³-hybridized carbons (Fsp3) is 0.917. The van der Waals surface area contributed by atoms with Crippen LogP contribution >= 0.6 is 0 Å². The van der Waals surface area contributed by atoms with Crippen LogP contribution in [0.15, 0.2) is 0 Å². The van der Waals surface area contributed by atoms with Crippen molar-refractivity contribution in [2.24, 2.45) is 0 Å². The molecule has 1 atom stereocenters. The van der Waals surface area contributed by atoms with Crippen LogP contribution in [-0.2, 0) is 19.0 Å². The number of rotatable bonds is 12. The monoisotopic (exact) mass is 262 g/mol. The molecule has 0 heterocycles. The van der Waals surface area contributed by atoms with E-state index in [4.69, 9.17) is 14.2 Å². The molecule has 0 fully saturated rings. The third kappa shape index (κ3) is 10.5. The third-order valence-electron chi connectivity index (χ3n) is 2.35. The highest BCUT2D eigenvalue weighted by Gasteiger charge is 2.10. The molecule has 2 N–H and O–H groups in total. The summed E-state index contributed by atoms with van der Waals surface area (Å²) in [7, 11) is 3.26. The van der Waals surface area contributed by atoms with E-state index in [9.17, 15) is 4.79 Å². The molecular formula is C12H26N2O4. The Morgan fingerprint density at radius 3 is 2.44 bits per heavy atom. The summed E-state index contributed by atoms with van der Waals surface area (Å²) in [6.45, 7) is 5.58. The first kappa shape index (κ1) is 17.3. The van der Waals surface area contributed by atoms with E-state index in [2.05, 4.69) is 10.6 Å². The van der Waals surface area contributed by atoms with Crippen molar-refractivity contribution in [2.45, 2.75) is 19.4 Å². The van der Waals surface area contributed by atoms with Crippen LogP contribution in [0, 0.1) is 0 Å². The van der Waals surface area contributed by atoms with Crippen LogP contribution in [-0.4, -0.2) is 65.7 Å². The Morgan fingerprint density at radius 2 is 1.78 bits per heavy atom. The lowest BCUT2D eigenvalue weighted by Crippen LogP contribution is -2.43. The van der Waals surface area contributed by atoms with Gasteiger partial charge in [0.25, 0.3) is 0 Å². The van der Waals surface area contributed by atoms with E-state index in [0.29, 0.717) is 33.0 Å². The second-order valence-electron chi connectivity index (χ2n) is 3.92. The number of nitrogens with one attached hydrogen (secondary N) is 2. The van der Waals surface area contributed by atoms with Gasteiger partial charge in [-0.2, -0.15) is 0 Å². The van der Waals surface area contributed by atoms with Crippen LogP contribution in [0.2, 0.25) is 0 Å². The van der Waals surface area contributed by atoms with Crippen LogP contribution in [0.25, 0.3) is 0 Å². The van der Waals surface area contributed by atoms with Crippen LogP contribution in [0.3, 0.4) is 0 Å². The molecule has 0 aliphatic carbocycles. The lowest BCUT2D eigenvalue weighted by molar-refractivity contribution is -0.122. The van der Waals surface area contributed by atoms with E-state index < -0.39 is 0 Å². The van der Waals surface area contributed by atoms with E-state index in [0.717, 1.165) is 13.0 Å². The van der Waals surface area contributed by atoms with Gasteiger partial charge in [0.1, 0.15) is 0 Å². The lowest BCUT2D eigenvalue weighted by Gasteiger charge is -2.13. The van der Waals surface area contributed by atoms with E-state index >= 15 is 0 Å². The maximum Gasteiger partial charge on any atom is 0.236 e. The molecule has 0 aromatic carbocycles. The molecule has 108 valence electrons. The molecule has 0 saturated heterocycles. The first-order valence-electron chi connectivity index (χ1n) is 6.29. The zero-order chi connectivity index (χ0) is 13.6. The van der Waals surface area contributed by atoms with E-state index in [1.165, 1.54) is 0 Å². The Balaban J connectivity index is 3.34. The molecule has 1 amide bonds. The number of hydrogen-bond acceptors (Lipinski definition) is 5. The standard InChI is InChI=1S/C12H26N2O4/c1-11(12(15)14-6-8-16-2)13-5-4-7-18-10-9-17-3/h11,13H,4-10H2,1-3H3,(H,14,15). The number of carbonyl (C=O) groups is 1. The van der Waals surface area contributed by atoms with Crippen LogP contribution in [0.1, 0.15) is 13.3 Å². The molecule has 0 aliphatic heterocycles. The molecule has 0 rings (SSSR count). The molecule has 0 aromatic heterocycles. The zero-order valence-corrected chi connectivity index (χ0v) is 11.7. The smallest absolute Gasteiger partial charge is 0.236 e. The predicted molar refractivity (Wildman–Crippen MR) is 69.7 cm³/mol. The number of carbonyl (C=O) groups excluding carboxylic acids is 1. The molecule has 1 unspecified atom stereocenters. The van der Waals surface area contributed by atoms with Gasteiger partial charge < -0.3 is 24.8 Å². The number of hydrogen-bond donors (Lipinski definition) is 2. The highest BCUT2D eigenvalue weighted by atomic mass is 16.5. The van der Waals surface area contributed by atoms with E-state index in [1.807, 2.05) is 6.92 Å². The summed E-state index contributed by atoms with van der Waals surface area (Å²) in [4.78, 5) is 11.5. The number of amides is 1. The minimum Gasteiger partial charge on any atom is -0.383 e. The van der Waals surface area contributed by atoms with Gasteiger partial charge in [-0.05, 0) is 19.9 Å². The van der Waals surface area contributed by atoms with Crippen molar-refractivity contribution in [3.05, 3.63) is 0 Å². The fourth-order valence-electron chi connectivity index (χ4n) is 1.26. The third-order valence-corrected chi connectivity index (χ3v) is 2.35. The second kappa shape index (κ2) is 12.8. The normalized spacial score (nSPS) is 12.4. The van der Waals surface area contributed by atoms with Gasteiger partial charge in [-0.1, -0.05) is 0 Å². The van der Waals surface area contributed by atoms with Crippen molar-refractivity contribution in [3.63, 3.8) is 0 Å². The largest absolute Gasteiger partial charge is 0.383 e. The van der Waals surface area contributed by atoms with Crippen molar-refractivity contribution in [1.29, 1.82) is 0 Å². The van der Waals surface area contributed by atoms with Gasteiger partial charge in [-0.15, -0.1) is 0 Å². The number of ether oxygens (including phenoxy) is 3. The van der Waals surface area contributed by atoms with Gasteiger partial charge in [0.15, 0.2) is 0 Å². The molecule has 0 radical (unpaired) electrons. The van der Waals surface area contributed by atoms with Crippen molar-refractivity contribution in [2.75, 3.05) is 53.7 Å². The molecule has 18 heavy (non-hydrogen) atoms. The van der Waals surface area contributed by atoms with Gasteiger partial charge in [0.2, 0.25) is 5.91 Å². The Kier molecular flexibility index (Phi) is 12.3. The average molecular weight is 262 g/mol. The molecule has 0 aliphatic rings. The maximum atomic E-state index is 11.5. The first-order chi connectivity index (χ1) is 8.72. The lowest BCUT2D eigenvalue weighted by atomic mass is 10.3. The summed E-state index contributed by atoms with van der Waals surface area (Å²) in [5, 5.41) is 5.91. The minimum atomic E-state index is -0.194. The first-order valence-corrected chi connectivity index (χ1v) is 6.29. The van der Waals surface area contributed by atoms with Crippen molar-refractivity contribution < 1.29 is 19.0 Å². The quantitative estimate of drug-likeness (QED) is 0.476. The molecular weight excluding hydrogens is 236 g/mol. The highest BCUT2D eigenvalue weighted by Crippen LogP contribution is 1.86. The maximum absolute atomic E-state index is 11.5. The fourth-order valence-corrected chi connectivity index (χ4v) is 1.26. The molecule has 6 nitrogen and oxygen atoms in total. The van der Waals surface area contributed by atoms with E-state index in [1.54, 1.807) is 14.2 Å². The van der Waals surface area contributed by atoms with Crippen LogP contribution in [0.5, 0.6) is 0 Å². The summed E-state index contributed by atoms with van der Waals surface area (Å²) in [6.07, 6.45) is 0.874. The number of methoxy groups -OCH3 is 2. The Morgan fingerprint density at radius 1 is 1.06 bits per heavy atom. The highest BCUT2D eigenvalue weighted by molar-refractivity contribution is 5.81. The van der Waals surface area contributed by atoms with Crippen LogP contribution in [0.4, 0.5) is 0 Å². The van der Waals surface area contributed by atoms with Gasteiger partial charge in [0.05, 0.1) is 25.9 Å². The summed E-state index contributed by atoms with van der Waals surface area (Å²) < 4.78 is 15.0. The Labute approximate surface area is 109 Å². The van der Waals surface area contributed by atoms with Gasteiger partial charge in [-0.25, -0.2) is 0 Å². The summed E-state index contributed by atoms with van der Waals surface area (Å²) >= 11 is 0.